The highest BCUT2D eigenvalue weighted by Crippen LogP contribution is 2.13. The predicted octanol–water partition coefficient (Wildman–Crippen LogP) is 0.466. The van der Waals surface area contributed by atoms with E-state index in [1.165, 1.54) is 6.20 Å². The van der Waals surface area contributed by atoms with E-state index in [1.807, 2.05) is 0 Å². The molecule has 100 valence electrons. The van der Waals surface area contributed by atoms with Crippen molar-refractivity contribution in [2.24, 2.45) is 7.05 Å². The summed E-state index contributed by atoms with van der Waals surface area (Å²) in [4.78, 5) is 11.8. The third kappa shape index (κ3) is 3.32. The normalized spacial score (nSPS) is 12.1. The summed E-state index contributed by atoms with van der Waals surface area (Å²) in [6.45, 7) is 0.137. The van der Waals surface area contributed by atoms with Crippen molar-refractivity contribution < 1.29 is 9.90 Å². The Balaban J connectivity index is 1.91. The van der Waals surface area contributed by atoms with Crippen molar-refractivity contribution >= 4 is 11.6 Å². The van der Waals surface area contributed by atoms with Crippen LogP contribution >= 0.6 is 0 Å². The number of anilines is 1. The van der Waals surface area contributed by atoms with Gasteiger partial charge in [0.2, 0.25) is 0 Å². The zero-order chi connectivity index (χ0) is 13.8. The summed E-state index contributed by atoms with van der Waals surface area (Å²) in [5.41, 5.74) is 7.38. The fourth-order valence-electron chi connectivity index (χ4n) is 1.67. The second-order valence-corrected chi connectivity index (χ2v) is 4.30. The Morgan fingerprint density at radius 1 is 1.47 bits per heavy atom. The Morgan fingerprint density at radius 2 is 2.16 bits per heavy atom. The van der Waals surface area contributed by atoms with E-state index < -0.39 is 6.10 Å². The van der Waals surface area contributed by atoms with Crippen molar-refractivity contribution in [1.82, 2.24) is 15.1 Å². The van der Waals surface area contributed by atoms with Crippen molar-refractivity contribution in [3.05, 3.63) is 47.8 Å². The molecule has 0 aliphatic rings. The van der Waals surface area contributed by atoms with Crippen molar-refractivity contribution in [3.8, 4) is 0 Å². The molecule has 1 heterocycles. The van der Waals surface area contributed by atoms with E-state index in [-0.39, 0.29) is 12.5 Å². The van der Waals surface area contributed by atoms with Gasteiger partial charge >= 0.3 is 0 Å². The van der Waals surface area contributed by atoms with Gasteiger partial charge in [-0.25, -0.2) is 0 Å². The first-order chi connectivity index (χ1) is 9.06. The van der Waals surface area contributed by atoms with E-state index in [0.717, 1.165) is 0 Å². The minimum absolute atomic E-state index is 0.137. The summed E-state index contributed by atoms with van der Waals surface area (Å²) >= 11 is 0. The van der Waals surface area contributed by atoms with Crippen LogP contribution in [-0.2, 0) is 7.05 Å². The summed E-state index contributed by atoms with van der Waals surface area (Å²) in [6, 6.07) is 6.88. The van der Waals surface area contributed by atoms with Crippen LogP contribution in [0.4, 0.5) is 5.69 Å². The minimum atomic E-state index is -0.763. The Morgan fingerprint density at radius 3 is 2.74 bits per heavy atom. The first-order valence-electron chi connectivity index (χ1n) is 5.86. The molecule has 1 atom stereocenters. The smallest absolute Gasteiger partial charge is 0.254 e. The molecule has 0 saturated carbocycles. The van der Waals surface area contributed by atoms with Crippen LogP contribution in [0.15, 0.2) is 36.7 Å². The number of aryl methyl sites for hydroxylation is 1. The summed E-state index contributed by atoms with van der Waals surface area (Å²) in [5, 5.41) is 16.5. The van der Waals surface area contributed by atoms with Crippen LogP contribution in [0.3, 0.4) is 0 Å². The molecule has 1 amide bonds. The maximum Gasteiger partial charge on any atom is 0.254 e. The first kappa shape index (κ1) is 13.1. The van der Waals surface area contributed by atoms with Gasteiger partial charge in [-0.3, -0.25) is 9.48 Å². The van der Waals surface area contributed by atoms with E-state index in [1.54, 1.807) is 42.2 Å². The fourth-order valence-corrected chi connectivity index (χ4v) is 1.67. The van der Waals surface area contributed by atoms with E-state index in [0.29, 0.717) is 16.8 Å². The van der Waals surface area contributed by atoms with Crippen molar-refractivity contribution in [3.63, 3.8) is 0 Å². The first-order valence-corrected chi connectivity index (χ1v) is 5.86. The molecular weight excluding hydrogens is 244 g/mol. The van der Waals surface area contributed by atoms with E-state index in [4.69, 9.17) is 5.73 Å². The van der Waals surface area contributed by atoms with Gasteiger partial charge in [0.1, 0.15) is 0 Å². The Hall–Kier alpha value is -2.34. The number of amides is 1. The number of nitrogens with two attached hydrogens (primary N) is 1. The highest BCUT2D eigenvalue weighted by atomic mass is 16.3. The molecule has 2 rings (SSSR count). The van der Waals surface area contributed by atoms with Crippen LogP contribution in [0.5, 0.6) is 0 Å². The van der Waals surface area contributed by atoms with Gasteiger partial charge in [-0.2, -0.15) is 5.10 Å². The summed E-state index contributed by atoms with van der Waals surface area (Å²) in [7, 11) is 1.74. The maximum absolute atomic E-state index is 11.8. The summed E-state index contributed by atoms with van der Waals surface area (Å²) in [6.07, 6.45) is 2.33. The Kier molecular flexibility index (Phi) is 3.82. The second-order valence-electron chi connectivity index (χ2n) is 4.30. The molecule has 4 N–H and O–H groups in total. The molecule has 0 spiro atoms. The lowest BCUT2D eigenvalue weighted by Gasteiger charge is -2.12. The number of hydrogen-bond donors (Lipinski definition) is 3. The van der Waals surface area contributed by atoms with E-state index in [9.17, 15) is 9.90 Å². The summed E-state index contributed by atoms with van der Waals surface area (Å²) < 4.78 is 1.55. The molecule has 0 saturated heterocycles. The lowest BCUT2D eigenvalue weighted by atomic mass is 10.1. The number of aliphatic hydroxyl groups excluding tert-OH is 1. The number of benzene rings is 1. The van der Waals surface area contributed by atoms with Crippen molar-refractivity contribution in [2.75, 3.05) is 12.3 Å². The molecule has 19 heavy (non-hydrogen) atoms. The quantitative estimate of drug-likeness (QED) is 0.696. The number of carbonyl (C=O) groups excluding carboxylic acids is 1. The zero-order valence-corrected chi connectivity index (χ0v) is 10.6. The fraction of sp³-hybridized carbons (Fsp3) is 0.231. The van der Waals surface area contributed by atoms with E-state index >= 15 is 0 Å². The average molecular weight is 260 g/mol. The molecule has 2 aromatic rings. The van der Waals surface area contributed by atoms with Gasteiger partial charge in [-0.15, -0.1) is 0 Å². The Bertz CT molecular complexity index is 562. The molecule has 6 nitrogen and oxygen atoms in total. The molecule has 1 aromatic heterocycles. The third-order valence-corrected chi connectivity index (χ3v) is 2.74. The van der Waals surface area contributed by atoms with Gasteiger partial charge in [0, 0.05) is 25.5 Å². The molecule has 0 bridgehead atoms. The molecule has 0 aliphatic heterocycles. The van der Waals surface area contributed by atoms with Crippen molar-refractivity contribution in [1.29, 1.82) is 0 Å². The molecule has 1 aromatic carbocycles. The van der Waals surface area contributed by atoms with Crippen LogP contribution in [0, 0.1) is 0 Å². The number of rotatable bonds is 4. The largest absolute Gasteiger partial charge is 0.399 e. The number of nitrogens with one attached hydrogen (secondary N) is 1. The minimum Gasteiger partial charge on any atom is -0.399 e. The predicted molar refractivity (Wildman–Crippen MR) is 71.4 cm³/mol. The molecule has 0 aliphatic carbocycles. The van der Waals surface area contributed by atoms with Crippen molar-refractivity contribution in [2.45, 2.75) is 6.10 Å². The van der Waals surface area contributed by atoms with Gasteiger partial charge in [0.05, 0.1) is 17.9 Å². The molecule has 0 radical (unpaired) electrons. The SMILES string of the molecule is Cn1cc(C(=O)NCC(O)c2ccc(N)cc2)cn1. The van der Waals surface area contributed by atoms with Gasteiger partial charge in [0.15, 0.2) is 0 Å². The van der Waals surface area contributed by atoms with E-state index in [2.05, 4.69) is 10.4 Å². The number of nitrogens with zero attached hydrogens (tertiary/aromatic N) is 2. The number of hydrogen-bond acceptors (Lipinski definition) is 4. The van der Waals surface area contributed by atoms with Gasteiger partial charge in [0.25, 0.3) is 5.91 Å². The number of carbonyl (C=O) groups is 1. The average Bonchev–Trinajstić information content (AvgIpc) is 2.83. The van der Waals surface area contributed by atoms with Crippen LogP contribution in [0.2, 0.25) is 0 Å². The lowest BCUT2D eigenvalue weighted by molar-refractivity contribution is 0.0916. The van der Waals surface area contributed by atoms with Crippen LogP contribution < -0.4 is 11.1 Å². The highest BCUT2D eigenvalue weighted by molar-refractivity contribution is 5.93. The lowest BCUT2D eigenvalue weighted by Crippen LogP contribution is -2.28. The van der Waals surface area contributed by atoms with Gasteiger partial charge < -0.3 is 16.2 Å². The number of aromatic nitrogens is 2. The number of aliphatic hydroxyl groups is 1. The number of nitrogen functional groups attached to an aromatic ring is 1. The molecule has 6 heteroatoms. The van der Waals surface area contributed by atoms with Gasteiger partial charge in [-0.05, 0) is 17.7 Å². The molecule has 0 fully saturated rings. The maximum atomic E-state index is 11.8. The second kappa shape index (κ2) is 5.53. The monoisotopic (exact) mass is 260 g/mol. The topological polar surface area (TPSA) is 93.2 Å². The van der Waals surface area contributed by atoms with Crippen LogP contribution in [0.1, 0.15) is 22.0 Å². The van der Waals surface area contributed by atoms with Gasteiger partial charge in [-0.1, -0.05) is 12.1 Å². The van der Waals surface area contributed by atoms with Crippen LogP contribution in [-0.4, -0.2) is 27.3 Å². The highest BCUT2D eigenvalue weighted by Gasteiger charge is 2.11. The zero-order valence-electron chi connectivity index (χ0n) is 10.6. The third-order valence-electron chi connectivity index (χ3n) is 2.74. The molecule has 1 unspecified atom stereocenters. The Labute approximate surface area is 110 Å². The summed E-state index contributed by atoms with van der Waals surface area (Å²) in [5.74, 6) is -0.261. The van der Waals surface area contributed by atoms with Crippen LogP contribution in [0.25, 0.3) is 0 Å². The molecular formula is C13H16N4O2. The standard InChI is InChI=1S/C13H16N4O2/c1-17-8-10(6-16-17)13(19)15-7-12(18)9-2-4-11(14)5-3-9/h2-6,8,12,18H,7,14H2,1H3,(H,15,19).